The summed E-state index contributed by atoms with van der Waals surface area (Å²) in [6, 6.07) is 4.73. The normalized spacial score (nSPS) is 18.1. The van der Waals surface area contributed by atoms with Crippen LogP contribution in [0, 0.1) is 5.82 Å². The van der Waals surface area contributed by atoms with Crippen molar-refractivity contribution in [2.45, 2.75) is 25.8 Å². The molecule has 1 N–H and O–H groups in total. The van der Waals surface area contributed by atoms with Gasteiger partial charge in [-0.25, -0.2) is 9.18 Å². The molecule has 1 aliphatic rings. The third-order valence-corrected chi connectivity index (χ3v) is 4.48. The standard InChI is InChI=1S/C15H14FNO3S2/c1-2-3-11(14(19)20)17-13(18)12(22-15(17)21)8-9-4-6-10(16)7-5-9/h4-8,11H,2-3H2,1H3,(H,19,20). The average Bonchev–Trinajstić information content (AvgIpc) is 2.73. The van der Waals surface area contributed by atoms with E-state index in [1.165, 1.54) is 12.1 Å². The second-order valence-electron chi connectivity index (χ2n) is 4.75. The van der Waals surface area contributed by atoms with E-state index in [9.17, 15) is 19.1 Å². The number of hydrogen-bond acceptors (Lipinski definition) is 4. The van der Waals surface area contributed by atoms with Crippen LogP contribution in [0.3, 0.4) is 0 Å². The smallest absolute Gasteiger partial charge is 0.326 e. The number of halogens is 1. The summed E-state index contributed by atoms with van der Waals surface area (Å²) in [5.74, 6) is -1.85. The van der Waals surface area contributed by atoms with Crippen LogP contribution in [0.1, 0.15) is 25.3 Å². The predicted octanol–water partition coefficient (Wildman–Crippen LogP) is 3.28. The molecule has 1 aromatic rings. The Kier molecular flexibility index (Phi) is 5.31. The van der Waals surface area contributed by atoms with E-state index in [1.807, 2.05) is 6.92 Å². The summed E-state index contributed by atoms with van der Waals surface area (Å²) in [6.07, 6.45) is 2.56. The molecule has 1 aliphatic heterocycles. The van der Waals surface area contributed by atoms with Crippen LogP contribution in [0.15, 0.2) is 29.2 Å². The van der Waals surface area contributed by atoms with Crippen molar-refractivity contribution in [3.8, 4) is 0 Å². The van der Waals surface area contributed by atoms with Crippen LogP contribution in [0.25, 0.3) is 6.08 Å². The van der Waals surface area contributed by atoms with E-state index in [1.54, 1.807) is 18.2 Å². The number of hydrogen-bond donors (Lipinski definition) is 1. The number of thioether (sulfide) groups is 1. The Balaban J connectivity index is 2.27. The summed E-state index contributed by atoms with van der Waals surface area (Å²) >= 11 is 6.21. The van der Waals surface area contributed by atoms with Gasteiger partial charge in [0.05, 0.1) is 4.91 Å². The van der Waals surface area contributed by atoms with Crippen molar-refractivity contribution < 1.29 is 19.1 Å². The number of carbonyl (C=O) groups excluding carboxylic acids is 1. The summed E-state index contributed by atoms with van der Waals surface area (Å²) < 4.78 is 13.1. The number of aliphatic carboxylic acids is 1. The molecule has 4 nitrogen and oxygen atoms in total. The Morgan fingerprint density at radius 2 is 2.09 bits per heavy atom. The van der Waals surface area contributed by atoms with Gasteiger partial charge in [-0.05, 0) is 30.2 Å². The Bertz CT molecular complexity index is 643. The highest BCUT2D eigenvalue weighted by molar-refractivity contribution is 8.26. The van der Waals surface area contributed by atoms with E-state index in [0.29, 0.717) is 23.3 Å². The molecular formula is C15H14FNO3S2. The van der Waals surface area contributed by atoms with Crippen LogP contribution in [-0.2, 0) is 9.59 Å². The van der Waals surface area contributed by atoms with E-state index < -0.39 is 17.9 Å². The van der Waals surface area contributed by atoms with Gasteiger partial charge in [-0.2, -0.15) is 0 Å². The van der Waals surface area contributed by atoms with Crippen LogP contribution in [0.5, 0.6) is 0 Å². The second kappa shape index (κ2) is 7.02. The number of benzene rings is 1. The van der Waals surface area contributed by atoms with Crippen molar-refractivity contribution in [1.82, 2.24) is 4.90 Å². The molecule has 116 valence electrons. The molecule has 1 saturated heterocycles. The van der Waals surface area contributed by atoms with E-state index in [-0.39, 0.29) is 10.1 Å². The van der Waals surface area contributed by atoms with Gasteiger partial charge in [-0.1, -0.05) is 49.5 Å². The van der Waals surface area contributed by atoms with Gasteiger partial charge in [-0.3, -0.25) is 9.69 Å². The lowest BCUT2D eigenvalue weighted by Gasteiger charge is -2.22. The summed E-state index contributed by atoms with van der Waals surface area (Å²) in [6.45, 7) is 1.85. The van der Waals surface area contributed by atoms with Gasteiger partial charge in [0.25, 0.3) is 5.91 Å². The van der Waals surface area contributed by atoms with Crippen molar-refractivity contribution in [1.29, 1.82) is 0 Å². The van der Waals surface area contributed by atoms with Gasteiger partial charge in [0, 0.05) is 0 Å². The monoisotopic (exact) mass is 339 g/mol. The van der Waals surface area contributed by atoms with E-state index in [4.69, 9.17) is 12.2 Å². The third-order valence-electron chi connectivity index (χ3n) is 3.15. The summed E-state index contributed by atoms with van der Waals surface area (Å²) in [7, 11) is 0. The molecule has 22 heavy (non-hydrogen) atoms. The quantitative estimate of drug-likeness (QED) is 0.659. The summed E-state index contributed by atoms with van der Waals surface area (Å²) in [4.78, 5) is 25.3. The SMILES string of the molecule is CCCC(C(=O)O)N1C(=O)C(=Cc2ccc(F)cc2)SC1=S. The lowest BCUT2D eigenvalue weighted by molar-refractivity contribution is -0.145. The van der Waals surface area contributed by atoms with Crippen LogP contribution in [0.4, 0.5) is 4.39 Å². The van der Waals surface area contributed by atoms with E-state index in [0.717, 1.165) is 16.7 Å². The minimum absolute atomic E-state index is 0.235. The fourth-order valence-corrected chi connectivity index (χ4v) is 3.45. The van der Waals surface area contributed by atoms with Gasteiger partial charge in [-0.15, -0.1) is 0 Å². The van der Waals surface area contributed by atoms with Crippen molar-refractivity contribution in [3.63, 3.8) is 0 Å². The maximum atomic E-state index is 12.9. The minimum atomic E-state index is -1.07. The Morgan fingerprint density at radius 1 is 1.45 bits per heavy atom. The fraction of sp³-hybridized carbons (Fsp3) is 0.267. The molecule has 1 heterocycles. The van der Waals surface area contributed by atoms with Gasteiger partial charge >= 0.3 is 5.97 Å². The van der Waals surface area contributed by atoms with Crippen LogP contribution >= 0.6 is 24.0 Å². The molecule has 1 amide bonds. The molecule has 2 rings (SSSR count). The molecule has 1 atom stereocenters. The molecule has 0 radical (unpaired) electrons. The highest BCUT2D eigenvalue weighted by Crippen LogP contribution is 2.34. The largest absolute Gasteiger partial charge is 0.480 e. The molecule has 1 unspecified atom stereocenters. The summed E-state index contributed by atoms with van der Waals surface area (Å²) in [5.41, 5.74) is 0.657. The highest BCUT2D eigenvalue weighted by atomic mass is 32.2. The zero-order valence-electron chi connectivity index (χ0n) is 11.8. The lowest BCUT2D eigenvalue weighted by atomic mass is 10.1. The number of carboxylic acid groups (broad SMARTS) is 1. The van der Waals surface area contributed by atoms with Crippen LogP contribution in [0.2, 0.25) is 0 Å². The van der Waals surface area contributed by atoms with Gasteiger partial charge in [0.2, 0.25) is 0 Å². The topological polar surface area (TPSA) is 57.6 Å². The van der Waals surface area contributed by atoms with Crippen molar-refractivity contribution in [2.24, 2.45) is 0 Å². The number of rotatable bonds is 5. The number of thiocarbonyl (C=S) groups is 1. The number of amides is 1. The first-order valence-electron chi connectivity index (χ1n) is 6.69. The van der Waals surface area contributed by atoms with E-state index >= 15 is 0 Å². The maximum Gasteiger partial charge on any atom is 0.326 e. The lowest BCUT2D eigenvalue weighted by Crippen LogP contribution is -2.43. The molecule has 1 fully saturated rings. The van der Waals surface area contributed by atoms with Gasteiger partial charge < -0.3 is 5.11 Å². The average molecular weight is 339 g/mol. The number of carboxylic acids is 1. The van der Waals surface area contributed by atoms with Crippen LogP contribution < -0.4 is 0 Å². The van der Waals surface area contributed by atoms with Gasteiger partial charge in [0.15, 0.2) is 0 Å². The molecule has 0 aromatic heterocycles. The summed E-state index contributed by atoms with van der Waals surface area (Å²) in [5, 5.41) is 9.28. The van der Waals surface area contributed by atoms with Crippen molar-refractivity contribution >= 4 is 46.3 Å². The molecule has 0 aliphatic carbocycles. The minimum Gasteiger partial charge on any atom is -0.480 e. The molecule has 0 saturated carbocycles. The maximum absolute atomic E-state index is 12.9. The molecule has 7 heteroatoms. The van der Waals surface area contributed by atoms with Gasteiger partial charge in [0.1, 0.15) is 16.2 Å². The highest BCUT2D eigenvalue weighted by Gasteiger charge is 2.39. The van der Waals surface area contributed by atoms with E-state index in [2.05, 4.69) is 0 Å². The molecule has 0 spiro atoms. The predicted molar refractivity (Wildman–Crippen MR) is 87.7 cm³/mol. The first-order valence-corrected chi connectivity index (χ1v) is 7.92. The first-order chi connectivity index (χ1) is 10.4. The Morgan fingerprint density at radius 3 is 2.64 bits per heavy atom. The van der Waals surface area contributed by atoms with Crippen molar-refractivity contribution in [2.75, 3.05) is 0 Å². The zero-order valence-corrected chi connectivity index (χ0v) is 13.4. The first kappa shape index (κ1) is 16.6. The second-order valence-corrected chi connectivity index (χ2v) is 6.42. The van der Waals surface area contributed by atoms with Crippen molar-refractivity contribution in [3.05, 3.63) is 40.6 Å². The number of nitrogens with zero attached hydrogens (tertiary/aromatic N) is 1. The molecule has 0 bridgehead atoms. The molecular weight excluding hydrogens is 325 g/mol. The molecule has 1 aromatic carbocycles. The van der Waals surface area contributed by atoms with Crippen LogP contribution in [-0.4, -0.2) is 32.2 Å². The Hall–Kier alpha value is -1.73. The fourth-order valence-electron chi connectivity index (χ4n) is 2.10. The third kappa shape index (κ3) is 3.53. The number of carbonyl (C=O) groups is 2. The Labute approximate surface area is 137 Å². The zero-order chi connectivity index (χ0) is 16.3.